The van der Waals surface area contributed by atoms with Gasteiger partial charge in [0, 0.05) is 28.3 Å². The maximum Gasteiger partial charge on any atom is 0.311 e. The van der Waals surface area contributed by atoms with Crippen molar-refractivity contribution in [2.24, 2.45) is 0 Å². The molecule has 7 nitrogen and oxygen atoms in total. The van der Waals surface area contributed by atoms with Gasteiger partial charge in [-0.25, -0.2) is 4.98 Å². The minimum absolute atomic E-state index is 0.268. The zero-order valence-corrected chi connectivity index (χ0v) is 17.4. The molecule has 1 unspecified atom stereocenters. The number of carboxylic acids is 1. The van der Waals surface area contributed by atoms with Crippen LogP contribution in [0.15, 0.2) is 42.6 Å². The molecule has 2 heterocycles. The monoisotopic (exact) mass is 444 g/mol. The lowest BCUT2D eigenvalue weighted by atomic mass is 9.93. The van der Waals surface area contributed by atoms with E-state index in [9.17, 15) is 14.7 Å². The van der Waals surface area contributed by atoms with Crippen molar-refractivity contribution in [3.8, 4) is 17.2 Å². The van der Waals surface area contributed by atoms with Crippen molar-refractivity contribution < 1.29 is 24.2 Å². The Morgan fingerprint density at radius 2 is 2.07 bits per heavy atom. The number of carbonyl (C=O) groups is 2. The van der Waals surface area contributed by atoms with Gasteiger partial charge in [-0.2, -0.15) is 0 Å². The van der Waals surface area contributed by atoms with E-state index in [0.717, 1.165) is 4.88 Å². The number of anilines is 1. The fourth-order valence-electron chi connectivity index (χ4n) is 3.11. The molecule has 0 saturated carbocycles. The molecule has 1 aliphatic rings. The summed E-state index contributed by atoms with van der Waals surface area (Å²) in [7, 11) is 0. The van der Waals surface area contributed by atoms with Gasteiger partial charge in [0.15, 0.2) is 5.13 Å². The van der Waals surface area contributed by atoms with Crippen LogP contribution in [-0.2, 0) is 4.79 Å². The van der Waals surface area contributed by atoms with Gasteiger partial charge >= 0.3 is 5.97 Å². The summed E-state index contributed by atoms with van der Waals surface area (Å²) in [5, 5.41) is 13.0. The van der Waals surface area contributed by atoms with E-state index in [1.54, 1.807) is 42.6 Å². The number of nitrogens with zero attached hydrogens (tertiary/aromatic N) is 1. The number of rotatable bonds is 5. The number of carboxylic acid groups (broad SMARTS) is 1. The SMILES string of the molecule is Cc1cnc(NC(=O)c2ccc(Oc3cc4c(cc3Cl)C(C(=O)O)CCO4)cc2)s1. The highest BCUT2D eigenvalue weighted by molar-refractivity contribution is 7.15. The van der Waals surface area contributed by atoms with Crippen molar-refractivity contribution in [1.82, 2.24) is 4.98 Å². The predicted molar refractivity (Wildman–Crippen MR) is 113 cm³/mol. The van der Waals surface area contributed by atoms with Gasteiger partial charge in [0.05, 0.1) is 17.5 Å². The number of hydrogen-bond donors (Lipinski definition) is 2. The fraction of sp³-hybridized carbons (Fsp3) is 0.190. The zero-order chi connectivity index (χ0) is 21.3. The highest BCUT2D eigenvalue weighted by Gasteiger charge is 2.29. The van der Waals surface area contributed by atoms with E-state index in [4.69, 9.17) is 21.1 Å². The van der Waals surface area contributed by atoms with Crippen LogP contribution in [0, 0.1) is 6.92 Å². The van der Waals surface area contributed by atoms with Crippen LogP contribution in [-0.4, -0.2) is 28.6 Å². The third-order valence-electron chi connectivity index (χ3n) is 4.59. The topological polar surface area (TPSA) is 97.8 Å². The van der Waals surface area contributed by atoms with E-state index < -0.39 is 11.9 Å². The van der Waals surface area contributed by atoms with Crippen LogP contribution in [0.25, 0.3) is 0 Å². The van der Waals surface area contributed by atoms with Crippen molar-refractivity contribution in [2.75, 3.05) is 11.9 Å². The molecule has 30 heavy (non-hydrogen) atoms. The smallest absolute Gasteiger partial charge is 0.311 e. The molecular weight excluding hydrogens is 428 g/mol. The fourth-order valence-corrected chi connectivity index (χ4v) is 3.98. The minimum atomic E-state index is -0.911. The number of fused-ring (bicyclic) bond motifs is 1. The Hall–Kier alpha value is -3.10. The average Bonchev–Trinajstić information content (AvgIpc) is 3.13. The minimum Gasteiger partial charge on any atom is -0.493 e. The molecule has 1 aromatic heterocycles. The van der Waals surface area contributed by atoms with E-state index in [1.807, 2.05) is 6.92 Å². The summed E-state index contributed by atoms with van der Waals surface area (Å²) in [5.41, 5.74) is 0.995. The molecule has 0 fully saturated rings. The lowest BCUT2D eigenvalue weighted by Gasteiger charge is -2.24. The molecule has 2 aromatic carbocycles. The molecule has 2 N–H and O–H groups in total. The number of aromatic nitrogens is 1. The maximum absolute atomic E-state index is 12.3. The van der Waals surface area contributed by atoms with Crippen LogP contribution >= 0.6 is 22.9 Å². The molecule has 0 bridgehead atoms. The molecule has 0 spiro atoms. The van der Waals surface area contributed by atoms with Gasteiger partial charge in [0.2, 0.25) is 0 Å². The number of benzene rings is 2. The summed E-state index contributed by atoms with van der Waals surface area (Å²) in [6.07, 6.45) is 2.09. The van der Waals surface area contributed by atoms with Gasteiger partial charge in [0.1, 0.15) is 17.2 Å². The van der Waals surface area contributed by atoms with Crippen LogP contribution in [0.2, 0.25) is 5.02 Å². The first-order valence-corrected chi connectivity index (χ1v) is 10.3. The lowest BCUT2D eigenvalue weighted by molar-refractivity contribution is -0.139. The molecule has 4 rings (SSSR count). The van der Waals surface area contributed by atoms with E-state index in [2.05, 4.69) is 10.3 Å². The molecule has 3 aromatic rings. The summed E-state index contributed by atoms with van der Waals surface area (Å²) < 4.78 is 11.4. The second-order valence-corrected chi connectivity index (χ2v) is 8.35. The van der Waals surface area contributed by atoms with E-state index in [0.29, 0.717) is 46.5 Å². The van der Waals surface area contributed by atoms with Gasteiger partial charge < -0.3 is 14.6 Å². The second-order valence-electron chi connectivity index (χ2n) is 6.71. The third kappa shape index (κ3) is 4.24. The van der Waals surface area contributed by atoms with Gasteiger partial charge in [-0.3, -0.25) is 14.9 Å². The van der Waals surface area contributed by atoms with Crippen molar-refractivity contribution in [2.45, 2.75) is 19.3 Å². The summed E-state index contributed by atoms with van der Waals surface area (Å²) >= 11 is 7.71. The standard InChI is InChI=1S/C21H17ClN2O5S/c1-11-10-23-21(30-11)24-19(25)12-2-4-13(5-3-12)29-18-9-17-15(8-16(18)22)14(20(26)27)6-7-28-17/h2-5,8-10,14H,6-7H2,1H3,(H,26,27)(H,23,24,25). The predicted octanol–water partition coefficient (Wildman–Crippen LogP) is 5.10. The van der Waals surface area contributed by atoms with E-state index >= 15 is 0 Å². The third-order valence-corrected chi connectivity index (χ3v) is 5.71. The first-order valence-electron chi connectivity index (χ1n) is 9.11. The summed E-state index contributed by atoms with van der Waals surface area (Å²) in [6.45, 7) is 2.23. The highest BCUT2D eigenvalue weighted by atomic mass is 35.5. The zero-order valence-electron chi connectivity index (χ0n) is 15.8. The van der Waals surface area contributed by atoms with Crippen LogP contribution in [0.3, 0.4) is 0 Å². The number of amides is 1. The molecule has 0 radical (unpaired) electrons. The second kappa shape index (κ2) is 8.33. The quantitative estimate of drug-likeness (QED) is 0.568. The number of thiazole rings is 1. The average molecular weight is 445 g/mol. The van der Waals surface area contributed by atoms with E-state index in [1.165, 1.54) is 11.3 Å². The van der Waals surface area contributed by atoms with Gasteiger partial charge in [-0.1, -0.05) is 11.6 Å². The Labute approximate surface area is 181 Å². The Morgan fingerprint density at radius 1 is 1.30 bits per heavy atom. The molecule has 9 heteroatoms. The van der Waals surface area contributed by atoms with E-state index in [-0.39, 0.29) is 10.9 Å². The molecule has 1 amide bonds. The van der Waals surface area contributed by atoms with Crippen molar-refractivity contribution in [3.63, 3.8) is 0 Å². The number of aliphatic carboxylic acids is 1. The normalized spacial score (nSPS) is 15.1. The summed E-state index contributed by atoms with van der Waals surface area (Å²) in [6, 6.07) is 9.74. The molecule has 154 valence electrons. The van der Waals surface area contributed by atoms with Gasteiger partial charge in [-0.15, -0.1) is 11.3 Å². The van der Waals surface area contributed by atoms with Crippen molar-refractivity contribution in [3.05, 3.63) is 63.6 Å². The Balaban J connectivity index is 1.49. The number of ether oxygens (including phenoxy) is 2. The largest absolute Gasteiger partial charge is 0.493 e. The van der Waals surface area contributed by atoms with Gasteiger partial charge in [-0.05, 0) is 43.7 Å². The molecule has 0 aliphatic carbocycles. The number of aryl methyl sites for hydroxylation is 1. The number of hydrogen-bond acceptors (Lipinski definition) is 6. The first-order chi connectivity index (χ1) is 14.4. The molecule has 1 atom stereocenters. The van der Waals surface area contributed by atoms with Crippen LogP contribution in [0.5, 0.6) is 17.2 Å². The number of halogens is 1. The molecule has 1 aliphatic heterocycles. The Bertz CT molecular complexity index is 1110. The highest BCUT2D eigenvalue weighted by Crippen LogP contribution is 2.41. The van der Waals surface area contributed by atoms with Gasteiger partial charge in [0.25, 0.3) is 5.91 Å². The summed E-state index contributed by atoms with van der Waals surface area (Å²) in [5.74, 6) is -0.564. The van der Waals surface area contributed by atoms with Crippen LogP contribution < -0.4 is 14.8 Å². The molecule has 0 saturated heterocycles. The molecular formula is C21H17ClN2O5S. The van der Waals surface area contributed by atoms with Crippen molar-refractivity contribution in [1.29, 1.82) is 0 Å². The van der Waals surface area contributed by atoms with Crippen molar-refractivity contribution >= 4 is 39.9 Å². The van der Waals surface area contributed by atoms with Crippen LogP contribution in [0.4, 0.5) is 5.13 Å². The lowest BCUT2D eigenvalue weighted by Crippen LogP contribution is -2.20. The Morgan fingerprint density at radius 3 is 2.73 bits per heavy atom. The Kier molecular flexibility index (Phi) is 5.61. The number of nitrogens with one attached hydrogen (secondary N) is 1. The summed E-state index contributed by atoms with van der Waals surface area (Å²) in [4.78, 5) is 28.9. The first kappa shape index (κ1) is 20.2. The number of carbonyl (C=O) groups excluding carboxylic acids is 1. The van der Waals surface area contributed by atoms with Crippen LogP contribution in [0.1, 0.15) is 33.1 Å². The maximum atomic E-state index is 12.3.